The predicted molar refractivity (Wildman–Crippen MR) is 82.5 cm³/mol. The fourth-order valence-electron chi connectivity index (χ4n) is 1.80. The van der Waals surface area contributed by atoms with Crippen molar-refractivity contribution in [3.05, 3.63) is 23.0 Å². The van der Waals surface area contributed by atoms with E-state index < -0.39 is 11.7 Å². The summed E-state index contributed by atoms with van der Waals surface area (Å²) in [4.78, 5) is 15.4. The number of hydrogen-bond acceptors (Lipinski definition) is 6. The van der Waals surface area contributed by atoms with E-state index >= 15 is 0 Å². The number of pyridine rings is 1. The Morgan fingerprint density at radius 1 is 1.36 bits per heavy atom. The van der Waals surface area contributed by atoms with Crippen LogP contribution in [0.2, 0.25) is 0 Å². The lowest BCUT2D eigenvalue weighted by Gasteiger charge is -2.19. The van der Waals surface area contributed by atoms with Crippen LogP contribution < -0.4 is 10.6 Å². The van der Waals surface area contributed by atoms with Gasteiger partial charge in [-0.15, -0.1) is 0 Å². The third-order valence-corrected chi connectivity index (χ3v) is 2.87. The third kappa shape index (κ3) is 5.87. The number of aryl methyl sites for hydroxylation is 1. The molecule has 1 heterocycles. The molecule has 1 aromatic rings. The molecule has 0 aliphatic heterocycles. The van der Waals surface area contributed by atoms with Crippen LogP contribution in [0.25, 0.3) is 0 Å². The van der Waals surface area contributed by atoms with Crippen LogP contribution in [-0.2, 0) is 17.9 Å². The Labute approximate surface area is 130 Å². The van der Waals surface area contributed by atoms with Crippen LogP contribution in [0.15, 0.2) is 6.20 Å². The lowest BCUT2D eigenvalue weighted by molar-refractivity contribution is 0.0528. The zero-order valence-corrected chi connectivity index (χ0v) is 13.6. The van der Waals surface area contributed by atoms with E-state index in [-0.39, 0.29) is 12.4 Å². The maximum Gasteiger partial charge on any atom is 0.407 e. The molecular weight excluding hydrogens is 286 g/mol. The maximum atomic E-state index is 11.4. The molecule has 0 aromatic carbocycles. The molecule has 1 aromatic heterocycles. The quantitative estimate of drug-likeness (QED) is 0.589. The summed E-state index contributed by atoms with van der Waals surface area (Å²) >= 11 is 0. The smallest absolute Gasteiger partial charge is 0.407 e. The number of aromatic hydroxyl groups is 1. The van der Waals surface area contributed by atoms with Gasteiger partial charge in [0.1, 0.15) is 11.4 Å². The summed E-state index contributed by atoms with van der Waals surface area (Å²) < 4.78 is 5.11. The molecule has 0 fully saturated rings. The van der Waals surface area contributed by atoms with Gasteiger partial charge in [0.05, 0.1) is 12.3 Å². The Morgan fingerprint density at radius 3 is 2.64 bits per heavy atom. The highest BCUT2D eigenvalue weighted by Gasteiger charge is 2.15. The van der Waals surface area contributed by atoms with Crippen molar-refractivity contribution < 1.29 is 19.7 Å². The van der Waals surface area contributed by atoms with Crippen molar-refractivity contribution in [2.45, 2.75) is 46.4 Å². The second-order valence-electron chi connectivity index (χ2n) is 5.96. The maximum absolute atomic E-state index is 11.4. The first-order chi connectivity index (χ1) is 10.2. The minimum Gasteiger partial charge on any atom is -0.506 e. The van der Waals surface area contributed by atoms with Gasteiger partial charge in [-0.3, -0.25) is 4.98 Å². The summed E-state index contributed by atoms with van der Waals surface area (Å²) in [6.45, 7) is 8.19. The molecule has 1 rings (SSSR count). The average molecular weight is 311 g/mol. The molecule has 0 spiro atoms. The Kier molecular flexibility index (Phi) is 6.58. The molecule has 0 aliphatic carbocycles. The van der Waals surface area contributed by atoms with E-state index in [1.54, 1.807) is 33.9 Å². The second-order valence-corrected chi connectivity index (χ2v) is 5.96. The van der Waals surface area contributed by atoms with E-state index in [1.807, 2.05) is 0 Å². The van der Waals surface area contributed by atoms with Crippen LogP contribution >= 0.6 is 0 Å². The topological polar surface area (TPSA) is 104 Å². The first-order valence-corrected chi connectivity index (χ1v) is 7.19. The van der Waals surface area contributed by atoms with E-state index in [9.17, 15) is 15.0 Å². The summed E-state index contributed by atoms with van der Waals surface area (Å²) in [7, 11) is 0. The monoisotopic (exact) mass is 311 g/mol. The normalized spacial score (nSPS) is 11.3. The number of aliphatic hydroxyl groups excluding tert-OH is 1. The van der Waals surface area contributed by atoms with E-state index in [1.165, 1.54) is 0 Å². The number of hydrogen-bond donors (Lipinski definition) is 4. The van der Waals surface area contributed by atoms with Gasteiger partial charge < -0.3 is 25.6 Å². The van der Waals surface area contributed by atoms with Crippen molar-refractivity contribution in [3.63, 3.8) is 0 Å². The van der Waals surface area contributed by atoms with Gasteiger partial charge in [0.25, 0.3) is 0 Å². The molecule has 0 unspecified atom stereocenters. The van der Waals surface area contributed by atoms with Crippen LogP contribution in [0.3, 0.4) is 0 Å². The molecule has 22 heavy (non-hydrogen) atoms. The van der Waals surface area contributed by atoms with Crippen molar-refractivity contribution in [1.82, 2.24) is 15.6 Å². The van der Waals surface area contributed by atoms with Crippen LogP contribution in [0.1, 0.15) is 37.6 Å². The lowest BCUT2D eigenvalue weighted by atomic mass is 10.1. The fraction of sp³-hybridized carbons (Fsp3) is 0.600. The van der Waals surface area contributed by atoms with Crippen molar-refractivity contribution in [2.75, 3.05) is 13.1 Å². The number of nitrogens with one attached hydrogen (secondary N) is 2. The zero-order chi connectivity index (χ0) is 16.8. The summed E-state index contributed by atoms with van der Waals surface area (Å²) in [6, 6.07) is 0. The van der Waals surface area contributed by atoms with Gasteiger partial charge in [0.15, 0.2) is 0 Å². The van der Waals surface area contributed by atoms with Gasteiger partial charge in [-0.25, -0.2) is 4.79 Å². The van der Waals surface area contributed by atoms with Gasteiger partial charge in [0, 0.05) is 37.0 Å². The van der Waals surface area contributed by atoms with Gasteiger partial charge in [0.2, 0.25) is 0 Å². The minimum absolute atomic E-state index is 0.0825. The Balaban J connectivity index is 2.40. The molecule has 0 radical (unpaired) electrons. The number of carbonyl (C=O) groups excluding carboxylic acids is 1. The molecule has 0 saturated heterocycles. The van der Waals surface area contributed by atoms with Gasteiger partial charge in [-0.05, 0) is 27.7 Å². The molecule has 0 bridgehead atoms. The zero-order valence-electron chi connectivity index (χ0n) is 13.6. The fourth-order valence-corrected chi connectivity index (χ4v) is 1.80. The number of aromatic nitrogens is 1. The van der Waals surface area contributed by atoms with Crippen molar-refractivity contribution in [1.29, 1.82) is 0 Å². The van der Waals surface area contributed by atoms with Crippen LogP contribution in [0.4, 0.5) is 4.79 Å². The predicted octanol–water partition coefficient (Wildman–Crippen LogP) is 1.20. The van der Waals surface area contributed by atoms with E-state index in [0.717, 1.165) is 0 Å². The molecule has 0 atom stereocenters. The van der Waals surface area contributed by atoms with Crippen molar-refractivity contribution >= 4 is 6.09 Å². The Bertz CT molecular complexity index is 512. The molecule has 0 aliphatic rings. The van der Waals surface area contributed by atoms with Gasteiger partial charge >= 0.3 is 6.09 Å². The minimum atomic E-state index is -0.520. The van der Waals surface area contributed by atoms with E-state index in [2.05, 4.69) is 15.6 Å². The first-order valence-electron chi connectivity index (χ1n) is 7.19. The number of ether oxygens (including phenoxy) is 1. The number of aliphatic hydroxyl groups is 1. The van der Waals surface area contributed by atoms with E-state index in [4.69, 9.17) is 4.74 Å². The number of nitrogens with zero attached hydrogens (tertiary/aromatic N) is 1. The number of alkyl carbamates (subject to hydrolysis) is 1. The molecular formula is C15H25N3O4. The summed E-state index contributed by atoms with van der Waals surface area (Å²) in [5.74, 6) is 0.0825. The SMILES string of the molecule is Cc1ncc(CO)c(CNCCNC(=O)OC(C)(C)C)c1O. The molecule has 1 amide bonds. The average Bonchev–Trinajstić information content (AvgIpc) is 2.41. The van der Waals surface area contributed by atoms with Crippen LogP contribution in [0.5, 0.6) is 5.75 Å². The van der Waals surface area contributed by atoms with Crippen molar-refractivity contribution in [3.8, 4) is 5.75 Å². The molecule has 7 nitrogen and oxygen atoms in total. The number of rotatable bonds is 6. The summed E-state index contributed by atoms with van der Waals surface area (Å²) in [6.07, 6.45) is 1.08. The molecule has 7 heteroatoms. The molecule has 4 N–H and O–H groups in total. The number of carbonyl (C=O) groups is 1. The summed E-state index contributed by atoms with van der Waals surface area (Å²) in [5.41, 5.74) is 1.19. The lowest BCUT2D eigenvalue weighted by Crippen LogP contribution is -2.36. The van der Waals surface area contributed by atoms with Gasteiger partial charge in [-0.2, -0.15) is 0 Å². The molecule has 0 saturated carbocycles. The highest BCUT2D eigenvalue weighted by Crippen LogP contribution is 2.23. The summed E-state index contributed by atoms with van der Waals surface area (Å²) in [5, 5.41) is 25.0. The third-order valence-electron chi connectivity index (χ3n) is 2.87. The Morgan fingerprint density at radius 2 is 2.05 bits per heavy atom. The largest absolute Gasteiger partial charge is 0.506 e. The van der Waals surface area contributed by atoms with Gasteiger partial charge in [-0.1, -0.05) is 0 Å². The van der Waals surface area contributed by atoms with Crippen LogP contribution in [0, 0.1) is 6.92 Å². The standard InChI is InChI=1S/C15H25N3O4/c1-10-13(20)12(11(9-19)7-18-10)8-16-5-6-17-14(21)22-15(2,3)4/h7,16,19-20H,5-6,8-9H2,1-4H3,(H,17,21). The van der Waals surface area contributed by atoms with E-state index in [0.29, 0.717) is 36.5 Å². The Hall–Kier alpha value is -1.86. The second kappa shape index (κ2) is 7.95. The highest BCUT2D eigenvalue weighted by atomic mass is 16.6. The van der Waals surface area contributed by atoms with Crippen LogP contribution in [-0.4, -0.2) is 40.0 Å². The highest BCUT2D eigenvalue weighted by molar-refractivity contribution is 5.67. The molecule has 124 valence electrons. The van der Waals surface area contributed by atoms with Crippen molar-refractivity contribution in [2.24, 2.45) is 0 Å². The first kappa shape index (κ1) is 18.2. The number of amides is 1.